The maximum atomic E-state index is 11.2. The number of fused-ring (bicyclic) bond motifs is 1. The number of benzene rings is 2. The highest BCUT2D eigenvalue weighted by molar-refractivity contribution is 8.13. The lowest BCUT2D eigenvalue weighted by Crippen LogP contribution is -1.90. The van der Waals surface area contributed by atoms with Crippen molar-refractivity contribution in [2.75, 3.05) is 0 Å². The first-order valence-electron chi connectivity index (χ1n) is 4.22. The fraction of sp³-hybridized carbons (Fsp3) is 0. The Kier molecular flexibility index (Phi) is 3.05. The molecule has 0 aliphatic carbocycles. The van der Waals surface area contributed by atoms with Gasteiger partial charge in [-0.15, -0.1) is 0 Å². The van der Waals surface area contributed by atoms with E-state index in [1.165, 1.54) is 12.1 Å². The van der Waals surface area contributed by atoms with Crippen molar-refractivity contribution in [1.29, 1.82) is 0 Å². The molecule has 84 valence electrons. The summed E-state index contributed by atoms with van der Waals surface area (Å²) in [5.74, 6) is 0. The SMILES string of the molecule is O=S(=O)(Cl)c1ccc2c(Cl)ccc(Cl)c2c1. The average Bonchev–Trinajstić information content (AvgIpc) is 2.22. The Bertz CT molecular complexity index is 665. The van der Waals surface area contributed by atoms with Crippen molar-refractivity contribution in [2.24, 2.45) is 0 Å². The first kappa shape index (κ1) is 12.0. The second-order valence-corrected chi connectivity index (χ2v) is 6.55. The minimum Gasteiger partial charge on any atom is -0.207 e. The summed E-state index contributed by atoms with van der Waals surface area (Å²) in [6.45, 7) is 0. The second-order valence-electron chi connectivity index (χ2n) is 3.17. The Labute approximate surface area is 107 Å². The second kappa shape index (κ2) is 4.08. The zero-order valence-corrected chi connectivity index (χ0v) is 10.8. The van der Waals surface area contributed by atoms with Crippen molar-refractivity contribution in [3.05, 3.63) is 40.4 Å². The molecule has 2 aromatic rings. The highest BCUT2D eigenvalue weighted by Crippen LogP contribution is 2.32. The van der Waals surface area contributed by atoms with Crippen LogP contribution in [-0.2, 0) is 9.05 Å². The summed E-state index contributed by atoms with van der Waals surface area (Å²) in [7, 11) is 1.49. The molecule has 0 radical (unpaired) electrons. The fourth-order valence-corrected chi connectivity index (χ4v) is 2.63. The monoisotopic (exact) mass is 294 g/mol. The molecule has 16 heavy (non-hydrogen) atoms. The quantitative estimate of drug-likeness (QED) is 0.743. The first-order chi connectivity index (χ1) is 7.39. The van der Waals surface area contributed by atoms with E-state index < -0.39 is 9.05 Å². The van der Waals surface area contributed by atoms with Crippen molar-refractivity contribution in [3.63, 3.8) is 0 Å². The van der Waals surface area contributed by atoms with Gasteiger partial charge in [-0.05, 0) is 24.3 Å². The lowest BCUT2D eigenvalue weighted by Gasteiger charge is -2.04. The van der Waals surface area contributed by atoms with E-state index in [0.717, 1.165) is 0 Å². The minimum absolute atomic E-state index is 0.00540. The van der Waals surface area contributed by atoms with E-state index in [2.05, 4.69) is 0 Å². The molecule has 0 heterocycles. The molecule has 2 aromatic carbocycles. The van der Waals surface area contributed by atoms with Gasteiger partial charge in [0, 0.05) is 31.5 Å². The third kappa shape index (κ3) is 2.13. The zero-order chi connectivity index (χ0) is 11.9. The zero-order valence-electron chi connectivity index (χ0n) is 7.75. The molecular formula is C10H5Cl3O2S. The van der Waals surface area contributed by atoms with Crippen molar-refractivity contribution < 1.29 is 8.42 Å². The molecule has 0 fully saturated rings. The summed E-state index contributed by atoms with van der Waals surface area (Å²) in [4.78, 5) is 0.00540. The summed E-state index contributed by atoms with van der Waals surface area (Å²) in [6.07, 6.45) is 0. The molecule has 0 bridgehead atoms. The van der Waals surface area contributed by atoms with Gasteiger partial charge in [0.2, 0.25) is 0 Å². The van der Waals surface area contributed by atoms with Crippen LogP contribution in [0.15, 0.2) is 35.2 Å². The van der Waals surface area contributed by atoms with Gasteiger partial charge < -0.3 is 0 Å². The molecule has 0 aliphatic heterocycles. The van der Waals surface area contributed by atoms with E-state index in [4.69, 9.17) is 33.9 Å². The van der Waals surface area contributed by atoms with Crippen LogP contribution in [0.4, 0.5) is 0 Å². The first-order valence-corrected chi connectivity index (χ1v) is 7.28. The van der Waals surface area contributed by atoms with Gasteiger partial charge in [0.25, 0.3) is 9.05 Å². The van der Waals surface area contributed by atoms with Crippen LogP contribution in [0.25, 0.3) is 10.8 Å². The van der Waals surface area contributed by atoms with Gasteiger partial charge >= 0.3 is 0 Å². The topological polar surface area (TPSA) is 34.1 Å². The van der Waals surface area contributed by atoms with Gasteiger partial charge in [0.05, 0.1) is 4.90 Å². The molecule has 2 rings (SSSR count). The van der Waals surface area contributed by atoms with Crippen LogP contribution < -0.4 is 0 Å². The molecule has 0 amide bonds. The Morgan fingerprint density at radius 1 is 0.875 bits per heavy atom. The molecule has 0 N–H and O–H groups in total. The van der Waals surface area contributed by atoms with Crippen molar-refractivity contribution in [1.82, 2.24) is 0 Å². The summed E-state index contributed by atoms with van der Waals surface area (Å²) < 4.78 is 22.3. The number of hydrogen-bond donors (Lipinski definition) is 0. The Morgan fingerprint density at radius 2 is 1.44 bits per heavy atom. The number of hydrogen-bond acceptors (Lipinski definition) is 2. The molecular weight excluding hydrogens is 291 g/mol. The maximum absolute atomic E-state index is 11.2. The average molecular weight is 296 g/mol. The molecule has 0 aliphatic rings. The summed E-state index contributed by atoms with van der Waals surface area (Å²) in [6, 6.07) is 7.65. The summed E-state index contributed by atoms with van der Waals surface area (Å²) in [5.41, 5.74) is 0. The number of rotatable bonds is 1. The van der Waals surface area contributed by atoms with Gasteiger partial charge in [-0.2, -0.15) is 0 Å². The van der Waals surface area contributed by atoms with Gasteiger partial charge in [-0.3, -0.25) is 0 Å². The van der Waals surface area contributed by atoms with E-state index in [1.54, 1.807) is 18.2 Å². The van der Waals surface area contributed by atoms with Crippen LogP contribution in [0, 0.1) is 0 Å². The van der Waals surface area contributed by atoms with Gasteiger partial charge in [-0.1, -0.05) is 29.3 Å². The van der Waals surface area contributed by atoms with Crippen LogP contribution in [-0.4, -0.2) is 8.42 Å². The fourth-order valence-electron chi connectivity index (χ4n) is 1.41. The highest BCUT2D eigenvalue weighted by Gasteiger charge is 2.12. The minimum atomic E-state index is -3.75. The van der Waals surface area contributed by atoms with E-state index >= 15 is 0 Å². The van der Waals surface area contributed by atoms with Crippen molar-refractivity contribution in [3.8, 4) is 0 Å². The van der Waals surface area contributed by atoms with Gasteiger partial charge in [0.15, 0.2) is 0 Å². The summed E-state index contributed by atoms with van der Waals surface area (Å²) >= 11 is 11.9. The van der Waals surface area contributed by atoms with Gasteiger partial charge in [-0.25, -0.2) is 8.42 Å². The maximum Gasteiger partial charge on any atom is 0.261 e. The van der Waals surface area contributed by atoms with Crippen LogP contribution in [0.5, 0.6) is 0 Å². The normalized spacial score (nSPS) is 11.9. The highest BCUT2D eigenvalue weighted by atomic mass is 35.7. The van der Waals surface area contributed by atoms with Crippen LogP contribution >= 0.6 is 33.9 Å². The van der Waals surface area contributed by atoms with E-state index in [1.807, 2.05) is 0 Å². The lowest BCUT2D eigenvalue weighted by molar-refractivity contribution is 0.609. The molecule has 0 unspecified atom stereocenters. The molecule has 0 spiro atoms. The largest absolute Gasteiger partial charge is 0.261 e. The predicted molar refractivity (Wildman–Crippen MR) is 67.0 cm³/mol. The Morgan fingerprint density at radius 3 is 2.00 bits per heavy atom. The third-order valence-corrected chi connectivity index (χ3v) is 4.17. The Hall–Kier alpha value is -0.480. The third-order valence-electron chi connectivity index (χ3n) is 2.16. The smallest absolute Gasteiger partial charge is 0.207 e. The predicted octanol–water partition coefficient (Wildman–Crippen LogP) is 4.07. The van der Waals surface area contributed by atoms with Crippen molar-refractivity contribution in [2.45, 2.75) is 4.90 Å². The van der Waals surface area contributed by atoms with Crippen LogP contribution in [0.3, 0.4) is 0 Å². The van der Waals surface area contributed by atoms with Crippen LogP contribution in [0.2, 0.25) is 10.0 Å². The molecule has 0 saturated carbocycles. The molecule has 0 aromatic heterocycles. The van der Waals surface area contributed by atoms with Crippen molar-refractivity contribution >= 4 is 53.7 Å². The van der Waals surface area contributed by atoms with E-state index in [-0.39, 0.29) is 4.90 Å². The van der Waals surface area contributed by atoms with Gasteiger partial charge in [0.1, 0.15) is 0 Å². The Balaban J connectivity index is 2.86. The molecule has 2 nitrogen and oxygen atoms in total. The standard InChI is InChI=1S/C10H5Cl3O2S/c11-9-3-4-10(12)8-5-6(16(13,14)15)1-2-7(8)9/h1-5H. The summed E-state index contributed by atoms with van der Waals surface area (Å²) in [5, 5.41) is 2.20. The van der Waals surface area contributed by atoms with Crippen LogP contribution in [0.1, 0.15) is 0 Å². The molecule has 0 saturated heterocycles. The molecule has 6 heteroatoms. The van der Waals surface area contributed by atoms with E-state index in [0.29, 0.717) is 20.8 Å². The number of halogens is 3. The lowest BCUT2D eigenvalue weighted by atomic mass is 10.1. The van der Waals surface area contributed by atoms with E-state index in [9.17, 15) is 8.42 Å². The molecule has 0 atom stereocenters.